The molecule has 1 aromatic heterocycles. The molecule has 0 aliphatic heterocycles. The first-order valence-electron chi connectivity index (χ1n) is 10.1. The number of imide groups is 1. The summed E-state index contributed by atoms with van der Waals surface area (Å²) in [5.41, 5.74) is 4.46. The number of aryl methyl sites for hydroxylation is 3. The predicted octanol–water partition coefficient (Wildman–Crippen LogP) is 4.25. The molecule has 0 saturated heterocycles. The van der Waals surface area contributed by atoms with Gasteiger partial charge in [0.1, 0.15) is 5.00 Å². The quantitative estimate of drug-likeness (QED) is 0.786. The Morgan fingerprint density at radius 2 is 1.79 bits per heavy atom. The lowest BCUT2D eigenvalue weighted by molar-refractivity contribution is 0.0925. The van der Waals surface area contributed by atoms with Crippen LogP contribution in [-0.4, -0.2) is 24.5 Å². The fraction of sp³-hybridized carbons (Fsp3) is 0.409. The first-order chi connectivity index (χ1) is 14.1. The number of hydrogen-bond donors (Lipinski definition) is 2. The summed E-state index contributed by atoms with van der Waals surface area (Å²) in [6, 6.07) is 5.84. The zero-order valence-electron chi connectivity index (χ0n) is 16.4. The van der Waals surface area contributed by atoms with E-state index < -0.39 is 12.0 Å². The number of ether oxygens (including phenoxy) is 1. The zero-order valence-corrected chi connectivity index (χ0v) is 17.2. The fourth-order valence-corrected chi connectivity index (χ4v) is 5.39. The van der Waals surface area contributed by atoms with Gasteiger partial charge in [-0.15, -0.1) is 11.3 Å². The maximum Gasteiger partial charge on any atom is 0.414 e. The van der Waals surface area contributed by atoms with E-state index >= 15 is 0 Å². The maximum atomic E-state index is 12.9. The van der Waals surface area contributed by atoms with Crippen molar-refractivity contribution in [2.45, 2.75) is 51.9 Å². The van der Waals surface area contributed by atoms with Crippen molar-refractivity contribution >= 4 is 34.2 Å². The van der Waals surface area contributed by atoms with Gasteiger partial charge >= 0.3 is 6.09 Å². The van der Waals surface area contributed by atoms with E-state index in [0.29, 0.717) is 16.1 Å². The van der Waals surface area contributed by atoms with Crippen molar-refractivity contribution in [3.63, 3.8) is 0 Å². The van der Waals surface area contributed by atoms with Crippen molar-refractivity contribution in [3.05, 3.63) is 50.9 Å². The second-order valence-corrected chi connectivity index (χ2v) is 8.49. The second kappa shape index (κ2) is 8.37. The molecule has 0 saturated carbocycles. The SMILES string of the molecule is CCOC(=O)NC(=O)c1c(NC(=O)c2ccc3c(c2)CCCC3)sc2c1CCC2. The third kappa shape index (κ3) is 4.05. The highest BCUT2D eigenvalue weighted by molar-refractivity contribution is 7.17. The highest BCUT2D eigenvalue weighted by atomic mass is 32.1. The number of carbonyl (C=O) groups is 3. The maximum absolute atomic E-state index is 12.9. The van der Waals surface area contributed by atoms with Crippen LogP contribution in [0.15, 0.2) is 18.2 Å². The van der Waals surface area contributed by atoms with Crippen LogP contribution in [-0.2, 0) is 30.4 Å². The summed E-state index contributed by atoms with van der Waals surface area (Å²) in [7, 11) is 0. The van der Waals surface area contributed by atoms with Crippen molar-refractivity contribution in [3.8, 4) is 0 Å². The molecular formula is C22H24N2O4S. The second-order valence-electron chi connectivity index (χ2n) is 7.38. The van der Waals surface area contributed by atoms with Gasteiger partial charge < -0.3 is 10.1 Å². The molecule has 2 N–H and O–H groups in total. The van der Waals surface area contributed by atoms with Crippen molar-refractivity contribution in [1.29, 1.82) is 0 Å². The number of alkyl carbamates (subject to hydrolysis) is 1. The van der Waals surface area contributed by atoms with Crippen LogP contribution in [0.3, 0.4) is 0 Å². The van der Waals surface area contributed by atoms with Gasteiger partial charge in [0.05, 0.1) is 12.2 Å². The Balaban J connectivity index is 1.58. The topological polar surface area (TPSA) is 84.5 Å². The predicted molar refractivity (Wildman–Crippen MR) is 112 cm³/mol. The Morgan fingerprint density at radius 3 is 2.59 bits per heavy atom. The lowest BCUT2D eigenvalue weighted by Gasteiger charge is -2.16. The Morgan fingerprint density at radius 1 is 1.00 bits per heavy atom. The first kappa shape index (κ1) is 19.6. The summed E-state index contributed by atoms with van der Waals surface area (Å²) >= 11 is 1.42. The Kier molecular flexibility index (Phi) is 5.67. The van der Waals surface area contributed by atoms with E-state index in [-0.39, 0.29) is 12.5 Å². The molecule has 0 unspecified atom stereocenters. The minimum atomic E-state index is -0.776. The molecule has 0 spiro atoms. The molecule has 2 aromatic rings. The van der Waals surface area contributed by atoms with E-state index in [1.807, 2.05) is 18.2 Å². The number of carbonyl (C=O) groups excluding carboxylic acids is 3. The highest BCUT2D eigenvalue weighted by Crippen LogP contribution is 2.39. The van der Waals surface area contributed by atoms with Crippen molar-refractivity contribution < 1.29 is 19.1 Å². The van der Waals surface area contributed by atoms with Crippen LogP contribution in [0, 0.1) is 0 Å². The van der Waals surface area contributed by atoms with Crippen molar-refractivity contribution in [2.24, 2.45) is 0 Å². The molecular weight excluding hydrogens is 388 g/mol. The first-order valence-corrected chi connectivity index (χ1v) is 10.9. The molecule has 1 aromatic carbocycles. The van der Waals surface area contributed by atoms with Gasteiger partial charge in [-0.05, 0) is 80.7 Å². The van der Waals surface area contributed by atoms with Crippen LogP contribution in [0.25, 0.3) is 0 Å². The molecule has 4 rings (SSSR count). The summed E-state index contributed by atoms with van der Waals surface area (Å²) < 4.78 is 4.82. The van der Waals surface area contributed by atoms with Gasteiger partial charge in [-0.2, -0.15) is 0 Å². The lowest BCUT2D eigenvalue weighted by atomic mass is 9.90. The Labute approximate surface area is 173 Å². The standard InChI is InChI=1S/C22H24N2O4S/c1-2-28-22(27)24-20(26)18-16-8-5-9-17(16)29-21(18)23-19(25)15-11-10-13-6-3-4-7-14(13)12-15/h10-12H,2-9H2,1H3,(H,23,25)(H,24,26,27). The molecule has 29 heavy (non-hydrogen) atoms. The van der Waals surface area contributed by atoms with Crippen LogP contribution in [0.2, 0.25) is 0 Å². The average Bonchev–Trinajstić information content (AvgIpc) is 3.28. The summed E-state index contributed by atoms with van der Waals surface area (Å²) in [6.07, 6.45) is 6.25. The molecule has 7 heteroatoms. The van der Waals surface area contributed by atoms with E-state index in [4.69, 9.17) is 4.74 Å². The molecule has 152 valence electrons. The normalized spacial score (nSPS) is 14.7. The van der Waals surface area contributed by atoms with Gasteiger partial charge in [0.2, 0.25) is 0 Å². The van der Waals surface area contributed by atoms with Gasteiger partial charge in [0.15, 0.2) is 0 Å². The number of rotatable bonds is 4. The van der Waals surface area contributed by atoms with E-state index in [9.17, 15) is 14.4 Å². The number of fused-ring (bicyclic) bond motifs is 2. The molecule has 0 fully saturated rings. The number of amides is 3. The zero-order chi connectivity index (χ0) is 20.4. The highest BCUT2D eigenvalue weighted by Gasteiger charge is 2.29. The van der Waals surface area contributed by atoms with Crippen molar-refractivity contribution in [1.82, 2.24) is 5.32 Å². The minimum absolute atomic E-state index is 0.183. The monoisotopic (exact) mass is 412 g/mol. The third-order valence-electron chi connectivity index (χ3n) is 5.48. The Hall–Kier alpha value is -2.67. The fourth-order valence-electron chi connectivity index (χ4n) is 4.10. The molecule has 0 bridgehead atoms. The molecule has 2 aliphatic carbocycles. The van der Waals surface area contributed by atoms with E-state index in [1.165, 1.54) is 28.9 Å². The number of anilines is 1. The van der Waals surface area contributed by atoms with Gasteiger partial charge in [-0.3, -0.25) is 14.9 Å². The summed E-state index contributed by atoms with van der Waals surface area (Å²) in [6.45, 7) is 1.86. The van der Waals surface area contributed by atoms with E-state index in [0.717, 1.165) is 49.0 Å². The number of thiophene rings is 1. The van der Waals surface area contributed by atoms with Gasteiger partial charge in [0.25, 0.3) is 11.8 Å². The smallest absolute Gasteiger partial charge is 0.414 e. The van der Waals surface area contributed by atoms with Gasteiger partial charge in [-0.25, -0.2) is 4.79 Å². The van der Waals surface area contributed by atoms with Crippen LogP contribution in [0.1, 0.15) is 68.5 Å². The number of hydrogen-bond acceptors (Lipinski definition) is 5. The van der Waals surface area contributed by atoms with Crippen LogP contribution >= 0.6 is 11.3 Å². The summed E-state index contributed by atoms with van der Waals surface area (Å²) in [5.74, 6) is -0.757. The molecule has 1 heterocycles. The molecule has 0 atom stereocenters. The average molecular weight is 413 g/mol. The molecule has 6 nitrogen and oxygen atoms in total. The van der Waals surface area contributed by atoms with Crippen LogP contribution in [0.4, 0.5) is 9.80 Å². The third-order valence-corrected chi connectivity index (χ3v) is 6.68. The van der Waals surface area contributed by atoms with Crippen LogP contribution in [0.5, 0.6) is 0 Å². The van der Waals surface area contributed by atoms with Crippen LogP contribution < -0.4 is 10.6 Å². The Bertz CT molecular complexity index is 979. The van der Waals surface area contributed by atoms with Crippen molar-refractivity contribution in [2.75, 3.05) is 11.9 Å². The minimum Gasteiger partial charge on any atom is -0.450 e. The van der Waals surface area contributed by atoms with Gasteiger partial charge in [-0.1, -0.05) is 6.07 Å². The summed E-state index contributed by atoms with van der Waals surface area (Å²) in [4.78, 5) is 38.4. The molecule has 0 radical (unpaired) electrons. The largest absolute Gasteiger partial charge is 0.450 e. The lowest BCUT2D eigenvalue weighted by Crippen LogP contribution is -2.32. The van der Waals surface area contributed by atoms with Gasteiger partial charge in [0, 0.05) is 10.4 Å². The summed E-state index contributed by atoms with van der Waals surface area (Å²) in [5, 5.41) is 5.68. The molecule has 2 aliphatic rings. The number of nitrogens with one attached hydrogen (secondary N) is 2. The van der Waals surface area contributed by atoms with E-state index in [1.54, 1.807) is 6.92 Å². The number of benzene rings is 1. The molecule has 3 amide bonds. The van der Waals surface area contributed by atoms with E-state index in [2.05, 4.69) is 10.6 Å².